The Bertz CT molecular complexity index is 177. The largest absolute Gasteiger partial charge is 0.481 e. The molecule has 0 bridgehead atoms. The van der Waals surface area contributed by atoms with Crippen molar-refractivity contribution in [2.45, 2.75) is 26.4 Å². The first-order valence-corrected chi connectivity index (χ1v) is 3.76. The first-order chi connectivity index (χ1) is 5.61. The van der Waals surface area contributed by atoms with Gasteiger partial charge in [-0.15, -0.1) is 0 Å². The molecule has 0 aliphatic rings. The van der Waals surface area contributed by atoms with Crippen LogP contribution in [-0.4, -0.2) is 23.9 Å². The number of aliphatic carboxylic acids is 1. The van der Waals surface area contributed by atoms with Crippen LogP contribution in [0.4, 0.5) is 4.39 Å². The third-order valence-corrected chi connectivity index (χ3v) is 1.24. The van der Waals surface area contributed by atoms with Gasteiger partial charge < -0.3 is 9.84 Å². The van der Waals surface area contributed by atoms with Gasteiger partial charge in [0.1, 0.15) is 12.4 Å². The van der Waals surface area contributed by atoms with E-state index in [2.05, 4.69) is 0 Å². The number of allylic oxidation sites excluding steroid dienone is 2. The topological polar surface area (TPSA) is 46.5 Å². The Morgan fingerprint density at radius 2 is 2.33 bits per heavy atom. The van der Waals surface area contributed by atoms with Gasteiger partial charge in [-0.1, -0.05) is 6.92 Å². The summed E-state index contributed by atoms with van der Waals surface area (Å²) in [5, 5.41) is 8.42. The molecule has 4 heteroatoms. The Labute approximate surface area is 70.8 Å². The zero-order valence-corrected chi connectivity index (χ0v) is 7.21. The van der Waals surface area contributed by atoms with E-state index in [-0.39, 0.29) is 5.76 Å². The molecule has 0 fully saturated rings. The number of hydrogen-bond donors (Lipinski definition) is 1. The lowest BCUT2D eigenvalue weighted by atomic mass is 10.3. The van der Waals surface area contributed by atoms with Crippen LogP contribution in [0.1, 0.15) is 20.3 Å². The maximum absolute atomic E-state index is 12.1. The number of alkyl halides is 1. The quantitative estimate of drug-likeness (QED) is 0.649. The third kappa shape index (κ3) is 3.95. The van der Waals surface area contributed by atoms with E-state index >= 15 is 0 Å². The molecule has 0 aliphatic heterocycles. The van der Waals surface area contributed by atoms with Gasteiger partial charge in [0.05, 0.1) is 0 Å². The number of ether oxygens (including phenoxy) is 1. The molecule has 70 valence electrons. The molecule has 0 saturated carbocycles. The Morgan fingerprint density at radius 1 is 1.75 bits per heavy atom. The lowest BCUT2D eigenvalue weighted by molar-refractivity contribution is -0.146. The minimum absolute atomic E-state index is 0.0902. The molecule has 12 heavy (non-hydrogen) atoms. The molecular weight excluding hydrogens is 163 g/mol. The van der Waals surface area contributed by atoms with Crippen molar-refractivity contribution in [1.29, 1.82) is 0 Å². The summed E-state index contributed by atoms with van der Waals surface area (Å²) in [5.74, 6) is -1.00. The van der Waals surface area contributed by atoms with Gasteiger partial charge in [0, 0.05) is 0 Å². The SMILES string of the molecule is CC/C=C(\CF)OC(C)C(=O)O. The molecule has 0 saturated heterocycles. The Balaban J connectivity index is 4.02. The van der Waals surface area contributed by atoms with E-state index in [1.807, 2.05) is 6.92 Å². The van der Waals surface area contributed by atoms with Gasteiger partial charge in [0.15, 0.2) is 6.10 Å². The monoisotopic (exact) mass is 176 g/mol. The molecule has 0 rings (SSSR count). The second-order valence-corrected chi connectivity index (χ2v) is 2.31. The lowest BCUT2D eigenvalue weighted by Crippen LogP contribution is -2.20. The van der Waals surface area contributed by atoms with Crippen molar-refractivity contribution in [1.82, 2.24) is 0 Å². The predicted octanol–water partition coefficient (Wildman–Crippen LogP) is 1.74. The van der Waals surface area contributed by atoms with Crippen molar-refractivity contribution in [2.75, 3.05) is 6.67 Å². The van der Waals surface area contributed by atoms with Gasteiger partial charge >= 0.3 is 5.97 Å². The van der Waals surface area contributed by atoms with Crippen LogP contribution in [0.2, 0.25) is 0 Å². The molecule has 1 atom stereocenters. The Hall–Kier alpha value is -1.06. The fraction of sp³-hybridized carbons (Fsp3) is 0.625. The molecular formula is C8H13FO3. The number of carboxylic acid groups (broad SMARTS) is 1. The smallest absolute Gasteiger partial charge is 0.344 e. The first-order valence-electron chi connectivity index (χ1n) is 3.76. The van der Waals surface area contributed by atoms with Gasteiger partial charge in [0.25, 0.3) is 0 Å². The molecule has 0 aromatic heterocycles. The summed E-state index contributed by atoms with van der Waals surface area (Å²) in [7, 11) is 0. The number of halogens is 1. The molecule has 3 nitrogen and oxygen atoms in total. The molecule has 0 aromatic carbocycles. The third-order valence-electron chi connectivity index (χ3n) is 1.24. The van der Waals surface area contributed by atoms with E-state index in [0.717, 1.165) is 0 Å². The van der Waals surface area contributed by atoms with Crippen LogP contribution in [-0.2, 0) is 9.53 Å². The zero-order valence-electron chi connectivity index (χ0n) is 7.21. The van der Waals surface area contributed by atoms with Gasteiger partial charge in [-0.3, -0.25) is 0 Å². The summed E-state index contributed by atoms with van der Waals surface area (Å²) < 4.78 is 16.9. The number of carbonyl (C=O) groups is 1. The maximum Gasteiger partial charge on any atom is 0.344 e. The van der Waals surface area contributed by atoms with Crippen LogP contribution in [0.15, 0.2) is 11.8 Å². The van der Waals surface area contributed by atoms with Crippen LogP contribution in [0.3, 0.4) is 0 Å². The highest BCUT2D eigenvalue weighted by Gasteiger charge is 2.13. The molecule has 0 amide bonds. The van der Waals surface area contributed by atoms with Crippen LogP contribution in [0, 0.1) is 0 Å². The van der Waals surface area contributed by atoms with Gasteiger partial charge in [-0.2, -0.15) is 0 Å². The normalized spacial score (nSPS) is 14.1. The number of hydrogen-bond acceptors (Lipinski definition) is 2. The van der Waals surface area contributed by atoms with Crippen molar-refractivity contribution >= 4 is 5.97 Å². The van der Waals surface area contributed by atoms with Crippen molar-refractivity contribution in [3.63, 3.8) is 0 Å². The zero-order chi connectivity index (χ0) is 9.56. The summed E-state index contributed by atoms with van der Waals surface area (Å²) >= 11 is 0. The molecule has 1 N–H and O–H groups in total. The van der Waals surface area contributed by atoms with Crippen molar-refractivity contribution < 1.29 is 19.0 Å². The van der Waals surface area contributed by atoms with Crippen LogP contribution in [0.5, 0.6) is 0 Å². The van der Waals surface area contributed by atoms with E-state index in [9.17, 15) is 9.18 Å². The van der Waals surface area contributed by atoms with E-state index in [0.29, 0.717) is 6.42 Å². The fourth-order valence-corrected chi connectivity index (χ4v) is 0.639. The molecule has 0 heterocycles. The molecule has 1 unspecified atom stereocenters. The summed E-state index contributed by atoms with van der Waals surface area (Å²) in [6.07, 6.45) is 1.17. The van der Waals surface area contributed by atoms with Crippen molar-refractivity contribution in [3.05, 3.63) is 11.8 Å². The van der Waals surface area contributed by atoms with Gasteiger partial charge in [0.2, 0.25) is 0 Å². The highest BCUT2D eigenvalue weighted by molar-refractivity contribution is 5.71. The lowest BCUT2D eigenvalue weighted by Gasteiger charge is -2.10. The minimum atomic E-state index is -1.09. The van der Waals surface area contributed by atoms with Crippen LogP contribution >= 0.6 is 0 Å². The van der Waals surface area contributed by atoms with Crippen LogP contribution < -0.4 is 0 Å². The van der Waals surface area contributed by atoms with E-state index < -0.39 is 18.7 Å². The predicted molar refractivity (Wildman–Crippen MR) is 42.5 cm³/mol. The second kappa shape index (κ2) is 5.57. The fourth-order valence-electron chi connectivity index (χ4n) is 0.639. The Morgan fingerprint density at radius 3 is 2.67 bits per heavy atom. The number of rotatable bonds is 5. The van der Waals surface area contributed by atoms with Crippen LogP contribution in [0.25, 0.3) is 0 Å². The summed E-state index contributed by atoms with van der Waals surface area (Å²) in [6.45, 7) is 2.43. The first kappa shape index (κ1) is 10.9. The Kier molecular flexibility index (Phi) is 5.08. The summed E-state index contributed by atoms with van der Waals surface area (Å²) in [6, 6.07) is 0. The number of carboxylic acids is 1. The van der Waals surface area contributed by atoms with Gasteiger partial charge in [-0.25, -0.2) is 9.18 Å². The van der Waals surface area contributed by atoms with Crippen molar-refractivity contribution in [2.24, 2.45) is 0 Å². The molecule has 0 radical (unpaired) electrons. The van der Waals surface area contributed by atoms with Crippen molar-refractivity contribution in [3.8, 4) is 0 Å². The molecule has 0 aromatic rings. The second-order valence-electron chi connectivity index (χ2n) is 2.31. The average Bonchev–Trinajstić information content (AvgIpc) is 2.03. The van der Waals surface area contributed by atoms with E-state index in [4.69, 9.17) is 9.84 Å². The summed E-state index contributed by atoms with van der Waals surface area (Å²) in [5.41, 5.74) is 0. The highest BCUT2D eigenvalue weighted by Crippen LogP contribution is 2.04. The van der Waals surface area contributed by atoms with E-state index in [1.54, 1.807) is 0 Å². The molecule has 0 spiro atoms. The highest BCUT2D eigenvalue weighted by atomic mass is 19.1. The summed E-state index contributed by atoms with van der Waals surface area (Å²) in [4.78, 5) is 10.3. The van der Waals surface area contributed by atoms with Gasteiger partial charge in [-0.05, 0) is 19.4 Å². The standard InChI is InChI=1S/C8H13FO3/c1-3-4-7(5-9)12-6(2)8(10)11/h4,6H,3,5H2,1-2H3,(H,10,11)/b7-4+. The minimum Gasteiger partial charge on any atom is -0.481 e. The van der Waals surface area contributed by atoms with E-state index in [1.165, 1.54) is 13.0 Å². The molecule has 0 aliphatic carbocycles. The maximum atomic E-state index is 12.1. The average molecular weight is 176 g/mol.